The number of benzene rings is 1. The van der Waals surface area contributed by atoms with E-state index in [1.807, 2.05) is 18.2 Å². The monoisotopic (exact) mass is 356 g/mol. The quantitative estimate of drug-likeness (QED) is 0.659. The molecule has 0 unspecified atom stereocenters. The number of carbonyl (C=O) groups excluding carboxylic acids is 2. The van der Waals surface area contributed by atoms with E-state index >= 15 is 0 Å². The summed E-state index contributed by atoms with van der Waals surface area (Å²) in [6, 6.07) is 8.92. The number of rotatable bonds is 7. The van der Waals surface area contributed by atoms with E-state index in [9.17, 15) is 9.59 Å². The number of para-hydroxylation sites is 2. The lowest BCUT2D eigenvalue weighted by atomic mass is 10.2. The maximum absolute atomic E-state index is 12.2. The minimum absolute atomic E-state index is 0.0545. The topological polar surface area (TPSA) is 102 Å². The summed E-state index contributed by atoms with van der Waals surface area (Å²) >= 11 is 0. The third kappa shape index (κ3) is 4.09. The fourth-order valence-corrected chi connectivity index (χ4v) is 2.42. The highest BCUT2D eigenvalue weighted by atomic mass is 16.6. The number of nitrogens with one attached hydrogen (secondary N) is 3. The van der Waals surface area contributed by atoms with Crippen LogP contribution in [0.2, 0.25) is 0 Å². The predicted molar refractivity (Wildman–Crippen MR) is 96.3 cm³/mol. The van der Waals surface area contributed by atoms with Gasteiger partial charge < -0.3 is 15.4 Å². The van der Waals surface area contributed by atoms with E-state index in [0.29, 0.717) is 22.9 Å². The molecule has 0 saturated heterocycles. The molecule has 0 atom stereocenters. The van der Waals surface area contributed by atoms with Crippen molar-refractivity contribution in [2.45, 2.75) is 12.8 Å². The van der Waals surface area contributed by atoms with Crippen LogP contribution in [0.4, 0.5) is 17.2 Å². The Labute approximate surface area is 150 Å². The first-order valence-corrected chi connectivity index (χ1v) is 8.16. The van der Waals surface area contributed by atoms with Crippen molar-refractivity contribution in [3.05, 3.63) is 42.1 Å². The molecule has 8 nitrogen and oxygen atoms in total. The van der Waals surface area contributed by atoms with Gasteiger partial charge in [0.2, 0.25) is 5.91 Å². The number of nitrogens with zero attached hydrogens (tertiary/aromatic N) is 1. The van der Waals surface area contributed by atoms with Crippen LogP contribution in [0.5, 0.6) is 5.75 Å². The van der Waals surface area contributed by atoms with Crippen molar-refractivity contribution >= 4 is 29.0 Å². The fraction of sp³-hybridized carbons (Fsp3) is 0.278. The van der Waals surface area contributed by atoms with E-state index in [4.69, 9.17) is 9.57 Å². The Balaban J connectivity index is 1.92. The van der Waals surface area contributed by atoms with Crippen LogP contribution in [0, 0.1) is 5.92 Å². The minimum atomic E-state index is -0.461. The second kappa shape index (κ2) is 7.83. The molecule has 1 aliphatic carbocycles. The number of hydroxylamine groups is 1. The van der Waals surface area contributed by atoms with Gasteiger partial charge in [-0.25, -0.2) is 10.5 Å². The highest BCUT2D eigenvalue weighted by Gasteiger charge is 2.30. The first-order valence-electron chi connectivity index (χ1n) is 8.16. The molecule has 1 saturated carbocycles. The molecule has 1 fully saturated rings. The van der Waals surface area contributed by atoms with Gasteiger partial charge in [-0.05, 0) is 25.0 Å². The molecule has 2 amide bonds. The predicted octanol–water partition coefficient (Wildman–Crippen LogP) is 2.47. The van der Waals surface area contributed by atoms with Crippen LogP contribution in [0.3, 0.4) is 0 Å². The fourth-order valence-electron chi connectivity index (χ4n) is 2.42. The van der Waals surface area contributed by atoms with E-state index < -0.39 is 5.91 Å². The van der Waals surface area contributed by atoms with Gasteiger partial charge in [0.1, 0.15) is 11.6 Å². The van der Waals surface area contributed by atoms with Crippen LogP contribution >= 0.6 is 0 Å². The van der Waals surface area contributed by atoms with E-state index in [1.54, 1.807) is 19.2 Å². The summed E-state index contributed by atoms with van der Waals surface area (Å²) in [5.74, 6) is 0.519. The number of aromatic nitrogens is 1. The molecule has 3 N–H and O–H groups in total. The van der Waals surface area contributed by atoms with Gasteiger partial charge in [-0.3, -0.25) is 14.4 Å². The van der Waals surface area contributed by atoms with Crippen molar-refractivity contribution in [3.8, 4) is 5.75 Å². The second-order valence-corrected chi connectivity index (χ2v) is 5.84. The molecule has 1 aliphatic rings. The van der Waals surface area contributed by atoms with Crippen LogP contribution in [0.25, 0.3) is 0 Å². The molecule has 2 aromatic rings. The summed E-state index contributed by atoms with van der Waals surface area (Å²) in [5.41, 5.74) is 3.67. The second-order valence-electron chi connectivity index (χ2n) is 5.84. The number of pyridine rings is 1. The normalized spacial score (nSPS) is 13.0. The number of amides is 2. The average Bonchev–Trinajstić information content (AvgIpc) is 3.48. The molecule has 0 spiro atoms. The average molecular weight is 356 g/mol. The van der Waals surface area contributed by atoms with Crippen LogP contribution in [0.1, 0.15) is 23.2 Å². The minimum Gasteiger partial charge on any atom is -0.495 e. The zero-order valence-electron chi connectivity index (χ0n) is 14.5. The highest BCUT2D eigenvalue weighted by molar-refractivity contribution is 6.01. The summed E-state index contributed by atoms with van der Waals surface area (Å²) in [4.78, 5) is 33.1. The first kappa shape index (κ1) is 17.7. The molecule has 0 bridgehead atoms. The van der Waals surface area contributed by atoms with Gasteiger partial charge in [0.25, 0.3) is 5.91 Å². The van der Waals surface area contributed by atoms with Crippen molar-refractivity contribution in [1.29, 1.82) is 0 Å². The lowest BCUT2D eigenvalue weighted by Crippen LogP contribution is -2.23. The summed E-state index contributed by atoms with van der Waals surface area (Å²) in [5, 5.41) is 5.93. The summed E-state index contributed by atoms with van der Waals surface area (Å²) in [6.07, 6.45) is 3.17. The Hall–Kier alpha value is -3.13. The molecule has 8 heteroatoms. The number of anilines is 3. The third-order valence-electron chi connectivity index (χ3n) is 3.92. The smallest absolute Gasteiger partial charge is 0.278 e. The van der Waals surface area contributed by atoms with Crippen molar-refractivity contribution < 1.29 is 19.2 Å². The van der Waals surface area contributed by atoms with Gasteiger partial charge >= 0.3 is 0 Å². The molecule has 3 rings (SSSR count). The Morgan fingerprint density at radius 2 is 1.92 bits per heavy atom. The summed E-state index contributed by atoms with van der Waals surface area (Å²) < 4.78 is 5.33. The maximum Gasteiger partial charge on any atom is 0.278 e. The van der Waals surface area contributed by atoms with Gasteiger partial charge in [-0.15, -0.1) is 0 Å². The van der Waals surface area contributed by atoms with Crippen molar-refractivity contribution in [1.82, 2.24) is 10.5 Å². The number of methoxy groups -OCH3 is 1. The van der Waals surface area contributed by atoms with Crippen LogP contribution < -0.4 is 20.9 Å². The van der Waals surface area contributed by atoms with Crippen molar-refractivity contribution in [2.24, 2.45) is 5.92 Å². The lowest BCUT2D eigenvalue weighted by Gasteiger charge is -2.15. The SMILES string of the molecule is CONC(=O)c1cnc(NC(=O)C2CC2)cc1Nc1ccccc1OC. The molecular formula is C18H20N4O4. The van der Waals surface area contributed by atoms with Crippen LogP contribution in [0.15, 0.2) is 36.5 Å². The number of hydrogen-bond acceptors (Lipinski definition) is 6. The molecule has 0 aliphatic heterocycles. The number of carbonyl (C=O) groups is 2. The molecule has 136 valence electrons. The number of ether oxygens (including phenoxy) is 1. The van der Waals surface area contributed by atoms with E-state index in [-0.39, 0.29) is 17.4 Å². The Kier molecular flexibility index (Phi) is 5.33. The molecule has 0 radical (unpaired) electrons. The largest absolute Gasteiger partial charge is 0.495 e. The van der Waals surface area contributed by atoms with Gasteiger partial charge in [0.05, 0.1) is 31.2 Å². The van der Waals surface area contributed by atoms with Crippen LogP contribution in [-0.2, 0) is 9.63 Å². The lowest BCUT2D eigenvalue weighted by molar-refractivity contribution is -0.117. The van der Waals surface area contributed by atoms with Gasteiger partial charge in [-0.2, -0.15) is 0 Å². The molecular weight excluding hydrogens is 336 g/mol. The molecule has 1 aromatic carbocycles. The van der Waals surface area contributed by atoms with Gasteiger partial charge in [0.15, 0.2) is 0 Å². The zero-order chi connectivity index (χ0) is 18.5. The molecule has 1 heterocycles. The summed E-state index contributed by atoms with van der Waals surface area (Å²) in [7, 11) is 2.91. The van der Waals surface area contributed by atoms with E-state index in [2.05, 4.69) is 21.1 Å². The van der Waals surface area contributed by atoms with Crippen molar-refractivity contribution in [2.75, 3.05) is 24.9 Å². The summed E-state index contributed by atoms with van der Waals surface area (Å²) in [6.45, 7) is 0. The van der Waals surface area contributed by atoms with E-state index in [1.165, 1.54) is 13.3 Å². The van der Waals surface area contributed by atoms with Gasteiger partial charge in [-0.1, -0.05) is 12.1 Å². The van der Waals surface area contributed by atoms with E-state index in [0.717, 1.165) is 12.8 Å². The first-order chi connectivity index (χ1) is 12.6. The van der Waals surface area contributed by atoms with Gasteiger partial charge in [0, 0.05) is 18.2 Å². The number of hydrogen-bond donors (Lipinski definition) is 3. The molecule has 26 heavy (non-hydrogen) atoms. The van der Waals surface area contributed by atoms with Crippen LogP contribution in [-0.4, -0.2) is 31.0 Å². The Bertz CT molecular complexity index is 821. The maximum atomic E-state index is 12.2. The standard InChI is InChI=1S/C18H20N4O4/c1-25-15-6-4-3-5-13(15)20-14-9-16(21-17(23)11-7-8-11)19-10-12(14)18(24)22-26-2/h3-6,9-11H,7-8H2,1-2H3,(H,22,24)(H2,19,20,21,23). The molecule has 1 aromatic heterocycles. The van der Waals surface area contributed by atoms with Crippen molar-refractivity contribution in [3.63, 3.8) is 0 Å². The Morgan fingerprint density at radius 1 is 1.15 bits per heavy atom. The highest BCUT2D eigenvalue weighted by Crippen LogP contribution is 2.32. The zero-order valence-corrected chi connectivity index (χ0v) is 14.5. The third-order valence-corrected chi connectivity index (χ3v) is 3.92. The Morgan fingerprint density at radius 3 is 2.62 bits per heavy atom.